The van der Waals surface area contributed by atoms with Crippen LogP contribution in [0, 0.1) is 0 Å². The lowest BCUT2D eigenvalue weighted by Crippen LogP contribution is -2.04. The van der Waals surface area contributed by atoms with Crippen molar-refractivity contribution in [3.05, 3.63) is 51.5 Å². The zero-order valence-corrected chi connectivity index (χ0v) is 10.8. The second kappa shape index (κ2) is 5.71. The predicted molar refractivity (Wildman–Crippen MR) is 67.2 cm³/mol. The highest BCUT2D eigenvalue weighted by Crippen LogP contribution is 2.29. The largest absolute Gasteiger partial charge is 0.416 e. The highest BCUT2D eigenvalue weighted by Gasteiger charge is 2.29. The van der Waals surface area contributed by atoms with Crippen LogP contribution in [0.3, 0.4) is 0 Å². The number of hydrogen-bond donors (Lipinski definition) is 1. The standard InChI is InChI=1S/C13H12F3NOS/c14-13(15,16)10-3-1-9(2-4-10)7-12-17-11(5-6-18)8-19-12/h1-4,8,18H,5-7H2. The van der Waals surface area contributed by atoms with Gasteiger partial charge in [-0.25, -0.2) is 4.98 Å². The topological polar surface area (TPSA) is 33.1 Å². The van der Waals surface area contributed by atoms with Gasteiger partial charge in [0.1, 0.15) is 0 Å². The number of benzene rings is 1. The van der Waals surface area contributed by atoms with Crippen LogP contribution in [-0.2, 0) is 19.0 Å². The first-order valence-corrected chi connectivity index (χ1v) is 6.57. The van der Waals surface area contributed by atoms with Crippen LogP contribution in [0.1, 0.15) is 21.8 Å². The maximum atomic E-state index is 12.4. The Morgan fingerprint density at radius 1 is 1.16 bits per heavy atom. The van der Waals surface area contributed by atoms with Crippen LogP contribution in [0.25, 0.3) is 0 Å². The molecule has 0 saturated carbocycles. The Bertz CT molecular complexity index is 534. The maximum Gasteiger partial charge on any atom is 0.416 e. The van der Waals surface area contributed by atoms with Crippen molar-refractivity contribution >= 4 is 11.3 Å². The molecule has 102 valence electrons. The lowest BCUT2D eigenvalue weighted by atomic mass is 10.1. The zero-order chi connectivity index (χ0) is 13.9. The van der Waals surface area contributed by atoms with Gasteiger partial charge in [-0.05, 0) is 17.7 Å². The molecule has 2 nitrogen and oxygen atoms in total. The quantitative estimate of drug-likeness (QED) is 0.936. The van der Waals surface area contributed by atoms with E-state index in [9.17, 15) is 13.2 Å². The van der Waals surface area contributed by atoms with Gasteiger partial charge in [-0.3, -0.25) is 0 Å². The summed E-state index contributed by atoms with van der Waals surface area (Å²) >= 11 is 1.45. The molecular weight excluding hydrogens is 275 g/mol. The van der Waals surface area contributed by atoms with Gasteiger partial charge < -0.3 is 5.11 Å². The first-order valence-electron chi connectivity index (χ1n) is 5.69. The molecule has 1 heterocycles. The summed E-state index contributed by atoms with van der Waals surface area (Å²) < 4.78 is 37.2. The van der Waals surface area contributed by atoms with Gasteiger partial charge in [-0.2, -0.15) is 13.2 Å². The Balaban J connectivity index is 2.06. The molecule has 0 aliphatic carbocycles. The summed E-state index contributed by atoms with van der Waals surface area (Å²) in [5.41, 5.74) is 0.962. The third-order valence-corrected chi connectivity index (χ3v) is 3.50. The predicted octanol–water partition coefficient (Wildman–Crippen LogP) is 3.29. The molecule has 0 spiro atoms. The molecule has 0 unspecified atom stereocenters. The van der Waals surface area contributed by atoms with Crippen molar-refractivity contribution in [3.63, 3.8) is 0 Å². The number of aliphatic hydroxyl groups excluding tert-OH is 1. The molecule has 19 heavy (non-hydrogen) atoms. The first kappa shape index (κ1) is 14.0. The van der Waals surface area contributed by atoms with Gasteiger partial charge in [0, 0.05) is 24.8 Å². The molecule has 0 saturated heterocycles. The first-order chi connectivity index (χ1) is 8.99. The molecule has 0 atom stereocenters. The van der Waals surface area contributed by atoms with E-state index in [1.807, 2.05) is 5.38 Å². The smallest absolute Gasteiger partial charge is 0.396 e. The molecule has 1 aromatic carbocycles. The van der Waals surface area contributed by atoms with Crippen LogP contribution in [0.4, 0.5) is 13.2 Å². The van der Waals surface area contributed by atoms with Crippen molar-refractivity contribution in [1.82, 2.24) is 4.98 Å². The van der Waals surface area contributed by atoms with E-state index in [0.29, 0.717) is 12.8 Å². The lowest BCUT2D eigenvalue weighted by molar-refractivity contribution is -0.137. The average molecular weight is 287 g/mol. The third kappa shape index (κ3) is 3.78. The van der Waals surface area contributed by atoms with Crippen molar-refractivity contribution < 1.29 is 18.3 Å². The molecule has 0 bridgehead atoms. The van der Waals surface area contributed by atoms with Crippen LogP contribution < -0.4 is 0 Å². The summed E-state index contributed by atoms with van der Waals surface area (Å²) in [7, 11) is 0. The fourth-order valence-corrected chi connectivity index (χ4v) is 2.51. The van der Waals surface area contributed by atoms with E-state index in [-0.39, 0.29) is 6.61 Å². The highest BCUT2D eigenvalue weighted by atomic mass is 32.1. The van der Waals surface area contributed by atoms with Gasteiger partial charge in [-0.1, -0.05) is 12.1 Å². The number of aliphatic hydroxyl groups is 1. The summed E-state index contributed by atoms with van der Waals surface area (Å²) in [6.07, 6.45) is -3.29. The highest BCUT2D eigenvalue weighted by molar-refractivity contribution is 7.09. The third-order valence-electron chi connectivity index (χ3n) is 2.60. The molecule has 0 aliphatic heterocycles. The monoisotopic (exact) mass is 287 g/mol. The van der Waals surface area contributed by atoms with Crippen LogP contribution in [-0.4, -0.2) is 16.7 Å². The summed E-state index contributed by atoms with van der Waals surface area (Å²) in [5, 5.41) is 11.5. The molecule has 6 heteroatoms. The minimum absolute atomic E-state index is 0.0451. The minimum Gasteiger partial charge on any atom is -0.396 e. The van der Waals surface area contributed by atoms with E-state index >= 15 is 0 Å². The number of alkyl halides is 3. The number of aromatic nitrogens is 1. The summed E-state index contributed by atoms with van der Waals surface area (Å²) in [6.45, 7) is 0.0451. The summed E-state index contributed by atoms with van der Waals surface area (Å²) in [4.78, 5) is 4.30. The number of halogens is 3. The van der Waals surface area contributed by atoms with E-state index in [0.717, 1.165) is 28.4 Å². The molecule has 2 aromatic rings. The van der Waals surface area contributed by atoms with Crippen LogP contribution >= 0.6 is 11.3 Å². The van der Waals surface area contributed by atoms with Crippen molar-refractivity contribution in [3.8, 4) is 0 Å². The molecule has 0 amide bonds. The van der Waals surface area contributed by atoms with Gasteiger partial charge in [0.25, 0.3) is 0 Å². The summed E-state index contributed by atoms with van der Waals surface area (Å²) in [6, 6.07) is 5.10. The normalized spacial score (nSPS) is 11.8. The van der Waals surface area contributed by atoms with Gasteiger partial charge in [0.15, 0.2) is 0 Å². The molecule has 1 N–H and O–H groups in total. The van der Waals surface area contributed by atoms with E-state index in [1.54, 1.807) is 0 Å². The second-order valence-electron chi connectivity index (χ2n) is 4.08. The minimum atomic E-state index is -4.30. The van der Waals surface area contributed by atoms with E-state index in [2.05, 4.69) is 4.98 Å². The lowest BCUT2D eigenvalue weighted by Gasteiger charge is -2.06. The Morgan fingerprint density at radius 2 is 1.84 bits per heavy atom. The zero-order valence-electron chi connectivity index (χ0n) is 9.94. The average Bonchev–Trinajstić information content (AvgIpc) is 2.77. The van der Waals surface area contributed by atoms with E-state index in [4.69, 9.17) is 5.11 Å². The summed E-state index contributed by atoms with van der Waals surface area (Å²) in [5.74, 6) is 0. The Labute approximate surface area is 112 Å². The van der Waals surface area contributed by atoms with Gasteiger partial charge in [-0.15, -0.1) is 11.3 Å². The van der Waals surface area contributed by atoms with Gasteiger partial charge in [0.2, 0.25) is 0 Å². The Hall–Kier alpha value is -1.40. The van der Waals surface area contributed by atoms with E-state index in [1.165, 1.54) is 23.5 Å². The van der Waals surface area contributed by atoms with Gasteiger partial charge in [0.05, 0.1) is 16.3 Å². The number of rotatable bonds is 4. The number of hydrogen-bond acceptors (Lipinski definition) is 3. The number of nitrogens with zero attached hydrogens (tertiary/aromatic N) is 1. The molecular formula is C13H12F3NOS. The molecule has 0 fully saturated rings. The van der Waals surface area contributed by atoms with Crippen molar-refractivity contribution in [2.45, 2.75) is 19.0 Å². The maximum absolute atomic E-state index is 12.4. The van der Waals surface area contributed by atoms with E-state index < -0.39 is 11.7 Å². The SMILES string of the molecule is OCCc1csc(Cc2ccc(C(F)(F)F)cc2)n1. The molecule has 2 rings (SSSR count). The van der Waals surface area contributed by atoms with Crippen LogP contribution in [0.5, 0.6) is 0 Å². The van der Waals surface area contributed by atoms with Crippen LogP contribution in [0.2, 0.25) is 0 Å². The fraction of sp³-hybridized carbons (Fsp3) is 0.308. The Morgan fingerprint density at radius 3 is 2.42 bits per heavy atom. The van der Waals surface area contributed by atoms with Crippen molar-refractivity contribution in [2.75, 3.05) is 6.61 Å². The van der Waals surface area contributed by atoms with Crippen molar-refractivity contribution in [2.24, 2.45) is 0 Å². The van der Waals surface area contributed by atoms with Gasteiger partial charge >= 0.3 is 6.18 Å². The second-order valence-corrected chi connectivity index (χ2v) is 5.02. The van der Waals surface area contributed by atoms with Crippen LogP contribution in [0.15, 0.2) is 29.6 Å². The molecule has 0 radical (unpaired) electrons. The Kier molecular flexibility index (Phi) is 4.21. The van der Waals surface area contributed by atoms with Crippen molar-refractivity contribution in [1.29, 1.82) is 0 Å². The number of thiazole rings is 1. The molecule has 0 aliphatic rings. The molecule has 1 aromatic heterocycles. The fourth-order valence-electron chi connectivity index (χ4n) is 1.65.